The molecule has 384 valence electrons. The molecule has 0 radical (unpaired) electrons. The highest BCUT2D eigenvalue weighted by Gasteiger charge is 2.48. The number of alkyl halides is 1. The van der Waals surface area contributed by atoms with E-state index in [1.807, 2.05) is 18.2 Å². The molecule has 4 aliphatic rings. The van der Waals surface area contributed by atoms with Crippen LogP contribution in [0.1, 0.15) is 68.6 Å². The number of carboxylic acids is 4. The highest BCUT2D eigenvalue weighted by molar-refractivity contribution is 5.94. The number of aliphatic carboxylic acids is 4. The van der Waals surface area contributed by atoms with Crippen molar-refractivity contribution in [2.75, 3.05) is 91.6 Å². The van der Waals surface area contributed by atoms with Crippen molar-refractivity contribution >= 4 is 53.4 Å². The van der Waals surface area contributed by atoms with Crippen LogP contribution < -0.4 is 16.0 Å². The molecule has 70 heavy (non-hydrogen) atoms. The van der Waals surface area contributed by atoms with E-state index in [0.29, 0.717) is 12.8 Å². The number of nitriles is 1. The second-order valence-electron chi connectivity index (χ2n) is 18.8. The number of likely N-dealkylation sites (tertiary alicyclic amines) is 1. The van der Waals surface area contributed by atoms with Gasteiger partial charge < -0.3 is 46.2 Å². The van der Waals surface area contributed by atoms with Crippen molar-refractivity contribution in [1.82, 2.24) is 45.3 Å². The summed E-state index contributed by atoms with van der Waals surface area (Å²) in [6.45, 7) is 2.85. The van der Waals surface area contributed by atoms with Crippen molar-refractivity contribution in [3.8, 4) is 6.07 Å². The summed E-state index contributed by atoms with van der Waals surface area (Å²) in [6, 6.07) is 4.36. The first kappa shape index (κ1) is 54.6. The molecule has 5 atom stereocenters. The van der Waals surface area contributed by atoms with Crippen molar-refractivity contribution < 1.29 is 68.0 Å². The van der Waals surface area contributed by atoms with Gasteiger partial charge in [-0.25, -0.2) is 9.18 Å². The lowest BCUT2D eigenvalue weighted by Gasteiger charge is -2.32. The highest BCUT2D eigenvalue weighted by Crippen LogP contribution is 2.33. The van der Waals surface area contributed by atoms with Gasteiger partial charge in [-0.3, -0.25) is 58.0 Å². The van der Waals surface area contributed by atoms with Crippen LogP contribution in [0.25, 0.3) is 0 Å². The van der Waals surface area contributed by atoms with E-state index in [-0.39, 0.29) is 155 Å². The normalized spacial score (nSPS) is 23.3. The van der Waals surface area contributed by atoms with E-state index < -0.39 is 71.3 Å². The zero-order chi connectivity index (χ0) is 51.1. The van der Waals surface area contributed by atoms with Crippen LogP contribution in [-0.2, 0) is 62.7 Å². The number of amides is 5. The van der Waals surface area contributed by atoms with Crippen molar-refractivity contribution in [3.05, 3.63) is 34.9 Å². The first-order chi connectivity index (χ1) is 33.2. The number of rotatable bonds is 21. The van der Waals surface area contributed by atoms with Crippen molar-refractivity contribution in [1.29, 1.82) is 5.26 Å². The maximum Gasteiger partial charge on any atom is 0.326 e. The fraction of sp³-hybridized carbons (Fsp3) is 0.652. The van der Waals surface area contributed by atoms with Crippen LogP contribution >= 0.6 is 0 Å². The summed E-state index contributed by atoms with van der Waals surface area (Å²) < 4.78 is 14.6. The van der Waals surface area contributed by atoms with Crippen LogP contribution in [0.15, 0.2) is 18.2 Å². The molecule has 3 fully saturated rings. The fourth-order valence-electron chi connectivity index (χ4n) is 9.43. The smallest absolute Gasteiger partial charge is 0.326 e. The standard InChI is InChI=1S/C46H65FN10O13/c1-46(47)21-33(22-48)57(29-46)44(68)36-19-32(43(67)51-36)20-39(60)56-23-31-6-4-5-30(34(31)24-56)8-9-37(58)50-35(45(69)70)7-2-3-10-49-38(59)25-52-11-13-53(26-40(61)62)15-17-55(28-42(65)66)18-16-54(14-12-52)27-41(63)64/h4-6,32-33,35-36H,2-3,7-21,23-29H2,1H3,(H,49,59)(H,50,58)(H,51,67)(H,61,62)(H,63,64)(H,65,66)(H,69,70)/t32-,33-,35?,36-,46?/m0/s1. The number of hydrogen-bond acceptors (Lipinski definition) is 14. The lowest BCUT2D eigenvalue weighted by molar-refractivity contribution is -0.142. The maximum atomic E-state index is 14.6. The summed E-state index contributed by atoms with van der Waals surface area (Å²) in [5.41, 5.74) is 0.806. The molecule has 0 spiro atoms. The number of nitrogens with zero attached hydrogens (tertiary/aromatic N) is 7. The molecule has 0 aliphatic carbocycles. The number of fused-ring (bicyclic) bond motifs is 1. The molecule has 0 aromatic heterocycles. The predicted octanol–water partition coefficient (Wildman–Crippen LogP) is -1.46. The van der Waals surface area contributed by atoms with Crippen LogP contribution in [0.2, 0.25) is 0 Å². The van der Waals surface area contributed by atoms with Gasteiger partial charge in [0.25, 0.3) is 0 Å². The molecule has 2 unspecified atom stereocenters. The Labute approximate surface area is 404 Å². The third kappa shape index (κ3) is 16.7. The molecule has 4 aliphatic heterocycles. The molecule has 23 nitrogen and oxygen atoms in total. The van der Waals surface area contributed by atoms with Crippen LogP contribution in [-0.4, -0.2) is 219 Å². The first-order valence-corrected chi connectivity index (χ1v) is 23.6. The summed E-state index contributed by atoms with van der Waals surface area (Å²) in [5, 5.41) is 55.7. The van der Waals surface area contributed by atoms with E-state index in [2.05, 4.69) is 16.0 Å². The molecule has 1 aromatic carbocycles. The Kier molecular flexibility index (Phi) is 19.9. The lowest BCUT2D eigenvalue weighted by Crippen LogP contribution is -2.49. The van der Waals surface area contributed by atoms with Crippen LogP contribution in [0.5, 0.6) is 0 Å². The number of carbonyl (C=O) groups is 9. The quantitative estimate of drug-likeness (QED) is 0.0693. The minimum atomic E-state index is -1.72. The Bertz CT molecular complexity index is 2120. The number of carboxylic acid groups (broad SMARTS) is 4. The Morgan fingerprint density at radius 1 is 0.829 bits per heavy atom. The highest BCUT2D eigenvalue weighted by atomic mass is 19.1. The largest absolute Gasteiger partial charge is 0.480 e. The first-order valence-electron chi connectivity index (χ1n) is 23.6. The van der Waals surface area contributed by atoms with Gasteiger partial charge in [0.05, 0.1) is 38.8 Å². The summed E-state index contributed by atoms with van der Waals surface area (Å²) in [6.07, 6.45) is 0.829. The Balaban J connectivity index is 1.04. The average molecular weight is 985 g/mol. The third-order valence-corrected chi connectivity index (χ3v) is 13.2. The summed E-state index contributed by atoms with van der Waals surface area (Å²) in [7, 11) is 0. The fourth-order valence-corrected chi connectivity index (χ4v) is 9.43. The molecule has 5 amide bonds. The van der Waals surface area contributed by atoms with Gasteiger partial charge in [-0.2, -0.15) is 5.26 Å². The zero-order valence-corrected chi connectivity index (χ0v) is 39.5. The average Bonchev–Trinajstić information content (AvgIpc) is 3.99. The van der Waals surface area contributed by atoms with Gasteiger partial charge in [-0.15, -0.1) is 0 Å². The second-order valence-corrected chi connectivity index (χ2v) is 18.8. The molecule has 7 N–H and O–H groups in total. The molecule has 4 heterocycles. The summed E-state index contributed by atoms with van der Waals surface area (Å²) in [5.74, 6) is -7.35. The molecular weight excluding hydrogens is 920 g/mol. The molecule has 5 rings (SSSR count). The topological polar surface area (TPSA) is 314 Å². The minimum absolute atomic E-state index is 0.0328. The summed E-state index contributed by atoms with van der Waals surface area (Å²) >= 11 is 0. The number of hydrogen-bond donors (Lipinski definition) is 7. The molecule has 3 saturated heterocycles. The summed E-state index contributed by atoms with van der Waals surface area (Å²) in [4.78, 5) is 122. The number of carbonyl (C=O) groups excluding carboxylic acids is 5. The SMILES string of the molecule is CC1(F)C[C@@H](C#N)N(C(=O)[C@@H]2C[C@@H](CC(=O)N3Cc4cccc(CCC(=O)NC(CCCCNC(=O)CN5CCN(CC(=O)O)CCN(CC(=O)O)CCN(CC(=O)O)CC5)C(=O)O)c4C3)C(=O)N2)C1. The molecule has 24 heteroatoms. The molecule has 1 aromatic rings. The van der Waals surface area contributed by atoms with Gasteiger partial charge >= 0.3 is 23.9 Å². The minimum Gasteiger partial charge on any atom is -0.480 e. The van der Waals surface area contributed by atoms with E-state index in [9.17, 15) is 73.2 Å². The Morgan fingerprint density at radius 3 is 1.94 bits per heavy atom. The number of benzene rings is 1. The molecule has 0 bridgehead atoms. The third-order valence-electron chi connectivity index (χ3n) is 13.2. The molecule has 0 saturated carbocycles. The second kappa shape index (κ2) is 25.5. The van der Waals surface area contributed by atoms with Gasteiger partial charge in [-0.1, -0.05) is 18.2 Å². The Morgan fingerprint density at radius 2 is 1.40 bits per heavy atom. The number of unbranched alkanes of at least 4 members (excludes halogenated alkanes) is 1. The number of nitrogens with one attached hydrogen (secondary N) is 3. The van der Waals surface area contributed by atoms with Gasteiger partial charge in [0.2, 0.25) is 29.5 Å². The molecular formula is C46H65FN10O13. The zero-order valence-electron chi connectivity index (χ0n) is 39.5. The number of aryl methyl sites for hydroxylation is 1. The van der Waals surface area contributed by atoms with E-state index in [4.69, 9.17) is 0 Å². The van der Waals surface area contributed by atoms with Crippen molar-refractivity contribution in [3.63, 3.8) is 0 Å². The number of halogens is 1. The predicted molar refractivity (Wildman–Crippen MR) is 244 cm³/mol. The maximum absolute atomic E-state index is 14.6. The van der Waals surface area contributed by atoms with Gasteiger partial charge in [-0.05, 0) is 55.7 Å². The van der Waals surface area contributed by atoms with Crippen LogP contribution in [0, 0.1) is 17.2 Å². The van der Waals surface area contributed by atoms with Gasteiger partial charge in [0.15, 0.2) is 0 Å². The van der Waals surface area contributed by atoms with Gasteiger partial charge in [0, 0.05) is 97.2 Å². The van der Waals surface area contributed by atoms with Crippen LogP contribution in [0.3, 0.4) is 0 Å². The van der Waals surface area contributed by atoms with Crippen LogP contribution in [0.4, 0.5) is 4.39 Å². The van der Waals surface area contributed by atoms with Crippen molar-refractivity contribution in [2.45, 2.75) is 95.2 Å². The van der Waals surface area contributed by atoms with E-state index in [1.54, 1.807) is 30.6 Å². The van der Waals surface area contributed by atoms with E-state index in [1.165, 1.54) is 6.92 Å². The van der Waals surface area contributed by atoms with Gasteiger partial charge in [0.1, 0.15) is 23.8 Å². The van der Waals surface area contributed by atoms with E-state index in [0.717, 1.165) is 21.6 Å². The lowest BCUT2D eigenvalue weighted by atomic mass is 9.99. The van der Waals surface area contributed by atoms with E-state index >= 15 is 0 Å². The van der Waals surface area contributed by atoms with Crippen molar-refractivity contribution in [2.24, 2.45) is 5.92 Å². The Hall–Kier alpha value is -6.29. The monoisotopic (exact) mass is 984 g/mol.